The number of aliphatic hydroxyl groups is 1. The molecule has 2 nitrogen and oxygen atoms in total. The Morgan fingerprint density at radius 1 is 1.44 bits per heavy atom. The van der Waals surface area contributed by atoms with E-state index >= 15 is 0 Å². The van der Waals surface area contributed by atoms with E-state index in [1.807, 2.05) is 20.0 Å². The van der Waals surface area contributed by atoms with Crippen LogP contribution in [0, 0.1) is 0 Å². The topological polar surface area (TPSA) is 32.3 Å². The summed E-state index contributed by atoms with van der Waals surface area (Å²) in [6.45, 7) is 4.37. The largest absolute Gasteiger partial charge is 0.395 e. The minimum Gasteiger partial charge on any atom is -0.395 e. The van der Waals surface area contributed by atoms with Gasteiger partial charge in [-0.25, -0.2) is 0 Å². The molecule has 0 saturated carbocycles. The molecule has 0 saturated heterocycles. The van der Waals surface area contributed by atoms with Crippen LogP contribution in [-0.2, 0) is 0 Å². The standard InChI is InChI=1S/C12H18BrNOS/c1-8(7-15)16-12-5-4-10(13)6-11(12)9(2)14-3/h4-6,8-9,14-15H,7H2,1-3H3. The van der Waals surface area contributed by atoms with Crippen molar-refractivity contribution in [2.45, 2.75) is 30.0 Å². The van der Waals surface area contributed by atoms with Crippen LogP contribution in [0.15, 0.2) is 27.6 Å². The van der Waals surface area contributed by atoms with E-state index in [9.17, 15) is 0 Å². The van der Waals surface area contributed by atoms with Gasteiger partial charge in [-0.3, -0.25) is 0 Å². The first-order valence-corrected chi connectivity index (χ1v) is 7.00. The van der Waals surface area contributed by atoms with Gasteiger partial charge >= 0.3 is 0 Å². The van der Waals surface area contributed by atoms with Crippen molar-refractivity contribution in [1.29, 1.82) is 0 Å². The van der Waals surface area contributed by atoms with Crippen LogP contribution >= 0.6 is 27.7 Å². The molecule has 90 valence electrons. The Balaban J connectivity index is 2.97. The van der Waals surface area contributed by atoms with Crippen LogP contribution in [0.4, 0.5) is 0 Å². The van der Waals surface area contributed by atoms with Crippen LogP contribution in [0.5, 0.6) is 0 Å². The number of halogens is 1. The van der Waals surface area contributed by atoms with E-state index in [1.54, 1.807) is 11.8 Å². The van der Waals surface area contributed by atoms with E-state index in [2.05, 4.69) is 40.3 Å². The lowest BCUT2D eigenvalue weighted by Crippen LogP contribution is -2.14. The van der Waals surface area contributed by atoms with Gasteiger partial charge in [-0.15, -0.1) is 11.8 Å². The van der Waals surface area contributed by atoms with E-state index in [0.29, 0.717) is 6.04 Å². The highest BCUT2D eigenvalue weighted by atomic mass is 79.9. The number of hydrogen-bond acceptors (Lipinski definition) is 3. The number of aliphatic hydroxyl groups excluding tert-OH is 1. The molecule has 0 aromatic heterocycles. The Hall–Kier alpha value is -0.0300. The monoisotopic (exact) mass is 303 g/mol. The molecule has 0 spiro atoms. The summed E-state index contributed by atoms with van der Waals surface area (Å²) in [6, 6.07) is 6.58. The van der Waals surface area contributed by atoms with Crippen LogP contribution in [-0.4, -0.2) is 24.0 Å². The van der Waals surface area contributed by atoms with Gasteiger partial charge in [-0.2, -0.15) is 0 Å². The van der Waals surface area contributed by atoms with Gasteiger partial charge in [-0.1, -0.05) is 22.9 Å². The van der Waals surface area contributed by atoms with Crippen molar-refractivity contribution in [2.24, 2.45) is 0 Å². The van der Waals surface area contributed by atoms with E-state index in [4.69, 9.17) is 5.11 Å². The zero-order chi connectivity index (χ0) is 12.1. The molecule has 1 rings (SSSR count). The third kappa shape index (κ3) is 3.77. The second-order valence-electron chi connectivity index (χ2n) is 3.80. The van der Waals surface area contributed by atoms with Crippen molar-refractivity contribution < 1.29 is 5.11 Å². The van der Waals surface area contributed by atoms with Crippen molar-refractivity contribution in [3.63, 3.8) is 0 Å². The van der Waals surface area contributed by atoms with Gasteiger partial charge < -0.3 is 10.4 Å². The average molecular weight is 304 g/mol. The lowest BCUT2D eigenvalue weighted by molar-refractivity contribution is 0.300. The van der Waals surface area contributed by atoms with Gasteiger partial charge in [0.05, 0.1) is 6.61 Å². The van der Waals surface area contributed by atoms with Crippen molar-refractivity contribution in [1.82, 2.24) is 5.32 Å². The maximum Gasteiger partial charge on any atom is 0.0550 e. The van der Waals surface area contributed by atoms with Crippen LogP contribution in [0.25, 0.3) is 0 Å². The van der Waals surface area contributed by atoms with Crippen LogP contribution in [0.3, 0.4) is 0 Å². The Bertz CT molecular complexity index is 346. The molecule has 0 heterocycles. The molecule has 0 fully saturated rings. The summed E-state index contributed by atoms with van der Waals surface area (Å²) in [5.41, 5.74) is 1.27. The second kappa shape index (κ2) is 6.64. The molecule has 0 aliphatic rings. The number of nitrogens with one attached hydrogen (secondary N) is 1. The van der Waals surface area contributed by atoms with Gasteiger partial charge in [-0.05, 0) is 37.7 Å². The summed E-state index contributed by atoms with van der Waals surface area (Å²) in [5, 5.41) is 12.6. The van der Waals surface area contributed by atoms with Gasteiger partial charge in [0, 0.05) is 20.7 Å². The average Bonchev–Trinajstić information content (AvgIpc) is 2.30. The van der Waals surface area contributed by atoms with Gasteiger partial charge in [0.2, 0.25) is 0 Å². The third-order valence-electron chi connectivity index (χ3n) is 2.46. The first kappa shape index (κ1) is 14.0. The SMILES string of the molecule is CNC(C)c1cc(Br)ccc1SC(C)CO. The zero-order valence-corrected chi connectivity index (χ0v) is 12.2. The molecule has 0 aliphatic carbocycles. The van der Waals surface area contributed by atoms with Crippen LogP contribution in [0.1, 0.15) is 25.5 Å². The predicted molar refractivity (Wildman–Crippen MR) is 74.0 cm³/mol. The normalized spacial score (nSPS) is 14.8. The highest BCUT2D eigenvalue weighted by molar-refractivity contribution is 9.10. The summed E-state index contributed by atoms with van der Waals surface area (Å²) in [7, 11) is 1.95. The molecular weight excluding hydrogens is 286 g/mol. The predicted octanol–water partition coefficient (Wildman–Crippen LogP) is 3.20. The summed E-state index contributed by atoms with van der Waals surface area (Å²) >= 11 is 5.20. The van der Waals surface area contributed by atoms with Crippen molar-refractivity contribution in [2.75, 3.05) is 13.7 Å². The first-order chi connectivity index (χ1) is 7.58. The fourth-order valence-corrected chi connectivity index (χ4v) is 2.78. The zero-order valence-electron chi connectivity index (χ0n) is 9.83. The number of hydrogen-bond donors (Lipinski definition) is 2. The van der Waals surface area contributed by atoms with Crippen LogP contribution < -0.4 is 5.32 Å². The van der Waals surface area contributed by atoms with Gasteiger partial charge in [0.1, 0.15) is 0 Å². The summed E-state index contributed by atoms with van der Waals surface area (Å²) < 4.78 is 1.09. The summed E-state index contributed by atoms with van der Waals surface area (Å²) in [6.07, 6.45) is 0. The second-order valence-corrected chi connectivity index (χ2v) is 6.20. The summed E-state index contributed by atoms with van der Waals surface area (Å²) in [4.78, 5) is 1.23. The number of rotatable bonds is 5. The molecule has 2 unspecified atom stereocenters. The van der Waals surface area contributed by atoms with E-state index < -0.39 is 0 Å². The lowest BCUT2D eigenvalue weighted by Gasteiger charge is -2.17. The molecular formula is C12H18BrNOS. The molecule has 16 heavy (non-hydrogen) atoms. The maximum absolute atomic E-state index is 9.09. The molecule has 0 amide bonds. The molecule has 2 N–H and O–H groups in total. The molecule has 4 heteroatoms. The Morgan fingerprint density at radius 2 is 2.12 bits per heavy atom. The molecule has 0 aliphatic heterocycles. The molecule has 0 bridgehead atoms. The summed E-state index contributed by atoms with van der Waals surface area (Å²) in [5.74, 6) is 0. The minimum atomic E-state index is 0.202. The van der Waals surface area contributed by atoms with E-state index in [-0.39, 0.29) is 11.9 Å². The van der Waals surface area contributed by atoms with E-state index in [1.165, 1.54) is 10.5 Å². The molecule has 0 radical (unpaired) electrons. The number of benzene rings is 1. The molecule has 2 atom stereocenters. The minimum absolute atomic E-state index is 0.202. The van der Waals surface area contributed by atoms with Gasteiger partial charge in [0.15, 0.2) is 0 Å². The Labute approximate surface area is 110 Å². The van der Waals surface area contributed by atoms with Crippen molar-refractivity contribution in [3.05, 3.63) is 28.2 Å². The Morgan fingerprint density at radius 3 is 2.69 bits per heavy atom. The lowest BCUT2D eigenvalue weighted by atomic mass is 10.1. The first-order valence-electron chi connectivity index (χ1n) is 5.32. The van der Waals surface area contributed by atoms with E-state index in [0.717, 1.165) is 4.47 Å². The van der Waals surface area contributed by atoms with Crippen molar-refractivity contribution >= 4 is 27.7 Å². The number of thioether (sulfide) groups is 1. The maximum atomic E-state index is 9.09. The third-order valence-corrected chi connectivity index (χ3v) is 4.13. The van der Waals surface area contributed by atoms with Gasteiger partial charge in [0.25, 0.3) is 0 Å². The fraction of sp³-hybridized carbons (Fsp3) is 0.500. The highest BCUT2D eigenvalue weighted by Gasteiger charge is 2.12. The van der Waals surface area contributed by atoms with Crippen LogP contribution in [0.2, 0.25) is 0 Å². The Kier molecular flexibility index (Phi) is 5.83. The quantitative estimate of drug-likeness (QED) is 0.819. The highest BCUT2D eigenvalue weighted by Crippen LogP contribution is 2.32. The molecule has 1 aromatic rings. The smallest absolute Gasteiger partial charge is 0.0550 e. The fourth-order valence-electron chi connectivity index (χ4n) is 1.37. The molecule has 1 aromatic carbocycles. The van der Waals surface area contributed by atoms with Crippen molar-refractivity contribution in [3.8, 4) is 0 Å².